The molecule has 152 valence electrons. The Kier molecular flexibility index (Phi) is 7.99. The van der Waals surface area contributed by atoms with E-state index in [9.17, 15) is 9.90 Å². The van der Waals surface area contributed by atoms with Crippen molar-refractivity contribution in [3.63, 3.8) is 0 Å². The lowest BCUT2D eigenvalue weighted by Gasteiger charge is -2.17. The molecule has 0 heterocycles. The molecule has 0 aliphatic rings. The lowest BCUT2D eigenvalue weighted by Crippen LogP contribution is -2.15. The van der Waals surface area contributed by atoms with Crippen LogP contribution in [0.1, 0.15) is 37.3 Å². The van der Waals surface area contributed by atoms with E-state index in [2.05, 4.69) is 0 Å². The fourth-order valence-electron chi connectivity index (χ4n) is 2.93. The number of carboxylic acid groups (broad SMARTS) is 1. The first-order valence-electron chi connectivity index (χ1n) is 9.37. The quantitative estimate of drug-likeness (QED) is 0.619. The van der Waals surface area contributed by atoms with Crippen molar-refractivity contribution in [3.05, 3.63) is 47.5 Å². The van der Waals surface area contributed by atoms with Crippen LogP contribution in [0, 0.1) is 0 Å². The summed E-state index contributed by atoms with van der Waals surface area (Å²) in [5, 5.41) is 9.79. The van der Waals surface area contributed by atoms with Gasteiger partial charge in [0.25, 0.3) is 0 Å². The van der Waals surface area contributed by atoms with Gasteiger partial charge in [-0.05, 0) is 55.2 Å². The molecule has 1 atom stereocenters. The molecule has 6 heteroatoms. The molecule has 0 saturated carbocycles. The number of rotatable bonds is 11. The molecule has 0 radical (unpaired) electrons. The van der Waals surface area contributed by atoms with Gasteiger partial charge in [-0.1, -0.05) is 19.1 Å². The number of methoxy groups -OCH3 is 2. The van der Waals surface area contributed by atoms with Gasteiger partial charge in [-0.25, -0.2) is 0 Å². The number of benzene rings is 2. The monoisotopic (exact) mass is 388 g/mol. The Hall–Kier alpha value is -2.89. The van der Waals surface area contributed by atoms with E-state index in [0.29, 0.717) is 48.2 Å². The van der Waals surface area contributed by atoms with E-state index in [1.807, 2.05) is 32.0 Å². The highest BCUT2D eigenvalue weighted by molar-refractivity contribution is 5.77. The summed E-state index contributed by atoms with van der Waals surface area (Å²) >= 11 is 0. The van der Waals surface area contributed by atoms with Crippen molar-refractivity contribution < 1.29 is 28.8 Å². The van der Waals surface area contributed by atoms with Gasteiger partial charge in [-0.15, -0.1) is 0 Å². The zero-order valence-corrected chi connectivity index (χ0v) is 16.9. The molecule has 0 amide bonds. The summed E-state index contributed by atoms with van der Waals surface area (Å²) in [5.41, 5.74) is 1.50. The molecule has 6 nitrogen and oxygen atoms in total. The van der Waals surface area contributed by atoms with Crippen molar-refractivity contribution in [2.75, 3.05) is 27.4 Å². The average Bonchev–Trinajstić information content (AvgIpc) is 2.70. The third kappa shape index (κ3) is 5.31. The van der Waals surface area contributed by atoms with Gasteiger partial charge in [0, 0.05) is 0 Å². The molecule has 0 aliphatic carbocycles. The zero-order chi connectivity index (χ0) is 20.5. The second-order valence-corrected chi connectivity index (χ2v) is 6.27. The number of carboxylic acids is 1. The second kappa shape index (κ2) is 10.4. The van der Waals surface area contributed by atoms with Crippen LogP contribution in [-0.2, 0) is 11.2 Å². The van der Waals surface area contributed by atoms with E-state index in [4.69, 9.17) is 18.9 Å². The number of hydrogen-bond acceptors (Lipinski definition) is 5. The molecule has 0 spiro atoms. The molecule has 2 aromatic carbocycles. The van der Waals surface area contributed by atoms with E-state index in [1.54, 1.807) is 25.3 Å². The molecular formula is C22H28O6. The van der Waals surface area contributed by atoms with Crippen molar-refractivity contribution in [2.45, 2.75) is 32.6 Å². The van der Waals surface area contributed by atoms with Crippen LogP contribution in [0.15, 0.2) is 36.4 Å². The molecule has 28 heavy (non-hydrogen) atoms. The van der Waals surface area contributed by atoms with E-state index >= 15 is 0 Å². The number of hydrogen-bond donors (Lipinski definition) is 1. The number of ether oxygens (including phenoxy) is 4. The summed E-state index contributed by atoms with van der Waals surface area (Å²) in [7, 11) is 3.07. The lowest BCUT2D eigenvalue weighted by atomic mass is 9.91. The highest BCUT2D eigenvalue weighted by Crippen LogP contribution is 2.34. The minimum absolute atomic E-state index is 0.318. The predicted octanol–water partition coefficient (Wildman–Crippen LogP) is 4.30. The molecule has 0 saturated heterocycles. The summed E-state index contributed by atoms with van der Waals surface area (Å²) in [6.07, 6.45) is 1.21. The van der Waals surface area contributed by atoms with Gasteiger partial charge in [0.05, 0.1) is 33.4 Å². The summed E-state index contributed by atoms with van der Waals surface area (Å²) in [6.45, 7) is 5.04. The van der Waals surface area contributed by atoms with E-state index in [1.165, 1.54) is 7.11 Å². The maximum absolute atomic E-state index is 11.9. The smallest absolute Gasteiger partial charge is 0.311 e. The van der Waals surface area contributed by atoms with Crippen LogP contribution in [0.3, 0.4) is 0 Å². The summed E-state index contributed by atoms with van der Waals surface area (Å²) < 4.78 is 21.9. The van der Waals surface area contributed by atoms with Gasteiger partial charge in [0.1, 0.15) is 0 Å². The van der Waals surface area contributed by atoms with Crippen LogP contribution >= 0.6 is 0 Å². The highest BCUT2D eigenvalue weighted by Gasteiger charge is 2.23. The minimum atomic E-state index is -0.906. The minimum Gasteiger partial charge on any atom is -0.493 e. The number of aliphatic carboxylic acids is 1. The Bertz CT molecular complexity index is 787. The second-order valence-electron chi connectivity index (χ2n) is 6.27. The van der Waals surface area contributed by atoms with Crippen molar-refractivity contribution in [1.82, 2.24) is 0 Å². The van der Waals surface area contributed by atoms with Crippen molar-refractivity contribution in [3.8, 4) is 23.0 Å². The molecule has 1 N–H and O–H groups in total. The van der Waals surface area contributed by atoms with Gasteiger partial charge in [-0.3, -0.25) is 4.79 Å². The van der Waals surface area contributed by atoms with Gasteiger partial charge in [0.15, 0.2) is 23.0 Å². The largest absolute Gasteiger partial charge is 0.493 e. The van der Waals surface area contributed by atoms with Crippen molar-refractivity contribution >= 4 is 5.97 Å². The topological polar surface area (TPSA) is 74.2 Å². The van der Waals surface area contributed by atoms with Gasteiger partial charge in [0.2, 0.25) is 0 Å². The molecule has 0 aliphatic heterocycles. The first kappa shape index (κ1) is 21.4. The van der Waals surface area contributed by atoms with Crippen LogP contribution in [0.25, 0.3) is 0 Å². The van der Waals surface area contributed by atoms with Gasteiger partial charge < -0.3 is 24.1 Å². The Morgan fingerprint density at radius 2 is 1.64 bits per heavy atom. The SMILES string of the molecule is CCCOc1ccc(CC(C(=O)O)c2ccc(OC)c(OC)c2)cc1OCC. The first-order chi connectivity index (χ1) is 13.5. The van der Waals surface area contributed by atoms with Crippen molar-refractivity contribution in [2.24, 2.45) is 0 Å². The predicted molar refractivity (Wildman–Crippen MR) is 107 cm³/mol. The third-order valence-corrected chi connectivity index (χ3v) is 4.32. The normalized spacial score (nSPS) is 11.6. The van der Waals surface area contributed by atoms with E-state index < -0.39 is 11.9 Å². The van der Waals surface area contributed by atoms with Crippen LogP contribution in [0.5, 0.6) is 23.0 Å². The van der Waals surface area contributed by atoms with Crippen LogP contribution in [0.4, 0.5) is 0 Å². The maximum atomic E-state index is 11.9. The first-order valence-corrected chi connectivity index (χ1v) is 9.37. The Balaban J connectivity index is 2.31. The summed E-state index contributed by atoms with van der Waals surface area (Å²) in [4.78, 5) is 11.9. The lowest BCUT2D eigenvalue weighted by molar-refractivity contribution is -0.138. The molecule has 0 aromatic heterocycles. The fourth-order valence-corrected chi connectivity index (χ4v) is 2.93. The fraction of sp³-hybridized carbons (Fsp3) is 0.409. The van der Waals surface area contributed by atoms with Crippen LogP contribution in [-0.4, -0.2) is 38.5 Å². The summed E-state index contributed by atoms with van der Waals surface area (Å²) in [6, 6.07) is 10.7. The standard InChI is InChI=1S/C22H28O6/c1-5-11-28-19-9-7-15(13-21(19)27-6-2)12-17(22(23)24)16-8-10-18(25-3)20(14-16)26-4/h7-10,13-14,17H,5-6,11-12H2,1-4H3,(H,23,24). The third-order valence-electron chi connectivity index (χ3n) is 4.32. The zero-order valence-electron chi connectivity index (χ0n) is 16.9. The Labute approximate surface area is 166 Å². The molecule has 2 aromatic rings. The van der Waals surface area contributed by atoms with Gasteiger partial charge >= 0.3 is 5.97 Å². The van der Waals surface area contributed by atoms with Crippen molar-refractivity contribution in [1.29, 1.82) is 0 Å². The highest BCUT2D eigenvalue weighted by atomic mass is 16.5. The number of carbonyl (C=O) groups is 1. The van der Waals surface area contributed by atoms with E-state index in [-0.39, 0.29) is 0 Å². The van der Waals surface area contributed by atoms with Crippen LogP contribution in [0.2, 0.25) is 0 Å². The molecular weight excluding hydrogens is 360 g/mol. The maximum Gasteiger partial charge on any atom is 0.311 e. The Morgan fingerprint density at radius 1 is 0.929 bits per heavy atom. The average molecular weight is 388 g/mol. The molecule has 2 rings (SSSR count). The Morgan fingerprint density at radius 3 is 2.25 bits per heavy atom. The van der Waals surface area contributed by atoms with Gasteiger partial charge in [-0.2, -0.15) is 0 Å². The summed E-state index contributed by atoms with van der Waals surface area (Å²) in [5.74, 6) is 0.736. The van der Waals surface area contributed by atoms with Crippen LogP contribution < -0.4 is 18.9 Å². The molecule has 0 fully saturated rings. The molecule has 1 unspecified atom stereocenters. The van der Waals surface area contributed by atoms with E-state index in [0.717, 1.165) is 12.0 Å². The molecule has 0 bridgehead atoms.